The Morgan fingerprint density at radius 2 is 1.84 bits per heavy atom. The summed E-state index contributed by atoms with van der Waals surface area (Å²) in [6.45, 7) is 1.94. The maximum atomic E-state index is 13.4. The number of aromatic nitrogens is 1. The number of allylic oxidation sites excluding steroid dienone is 2. The number of fused-ring (bicyclic) bond motifs is 1. The van der Waals surface area contributed by atoms with Gasteiger partial charge in [-0.3, -0.25) is 9.78 Å². The Hall–Kier alpha value is -2.81. The smallest absolute Gasteiger partial charge is 0.143 e. The maximum Gasteiger partial charge on any atom is 0.143 e. The fraction of sp³-hybridized carbons (Fsp3) is 0.182. The van der Waals surface area contributed by atoms with E-state index >= 15 is 0 Å². The molecule has 0 spiro atoms. The minimum absolute atomic E-state index is 0.258. The molecule has 1 aromatic heterocycles. The molecule has 124 valence electrons. The molecule has 3 aromatic rings. The van der Waals surface area contributed by atoms with Crippen LogP contribution in [-0.4, -0.2) is 11.3 Å². The molecular formula is C22H18FNO. The second kappa shape index (κ2) is 6.25. The fourth-order valence-corrected chi connectivity index (χ4v) is 3.38. The van der Waals surface area contributed by atoms with Gasteiger partial charge in [0, 0.05) is 22.4 Å². The van der Waals surface area contributed by atoms with E-state index in [0.29, 0.717) is 5.92 Å². The van der Waals surface area contributed by atoms with Gasteiger partial charge in [0.15, 0.2) is 0 Å². The summed E-state index contributed by atoms with van der Waals surface area (Å²) < 4.78 is 13.4. The van der Waals surface area contributed by atoms with Crippen molar-refractivity contribution in [1.29, 1.82) is 0 Å². The normalized spacial score (nSPS) is 14.7. The van der Waals surface area contributed by atoms with Gasteiger partial charge in [-0.2, -0.15) is 0 Å². The summed E-state index contributed by atoms with van der Waals surface area (Å²) in [5.41, 5.74) is 5.87. The molecule has 1 aliphatic rings. The van der Waals surface area contributed by atoms with Gasteiger partial charge >= 0.3 is 0 Å². The van der Waals surface area contributed by atoms with Crippen LogP contribution in [0.4, 0.5) is 4.39 Å². The zero-order chi connectivity index (χ0) is 17.4. The maximum absolute atomic E-state index is 13.4. The first kappa shape index (κ1) is 15.7. The molecule has 0 bridgehead atoms. The zero-order valence-electron chi connectivity index (χ0n) is 14.0. The van der Waals surface area contributed by atoms with E-state index in [4.69, 9.17) is 4.98 Å². The van der Waals surface area contributed by atoms with Crippen LogP contribution < -0.4 is 0 Å². The van der Waals surface area contributed by atoms with Crippen LogP contribution in [0.3, 0.4) is 0 Å². The number of aldehydes is 1. The van der Waals surface area contributed by atoms with Crippen LogP contribution in [0.25, 0.3) is 27.6 Å². The highest BCUT2D eigenvalue weighted by Crippen LogP contribution is 2.46. The molecular weight excluding hydrogens is 313 g/mol. The third-order valence-corrected chi connectivity index (χ3v) is 4.73. The van der Waals surface area contributed by atoms with Crippen molar-refractivity contribution < 1.29 is 9.18 Å². The van der Waals surface area contributed by atoms with Gasteiger partial charge in [0.2, 0.25) is 0 Å². The first-order valence-corrected chi connectivity index (χ1v) is 8.50. The molecule has 1 saturated carbocycles. The number of rotatable bonds is 4. The van der Waals surface area contributed by atoms with Crippen LogP contribution in [0, 0.1) is 5.82 Å². The monoisotopic (exact) mass is 331 g/mol. The number of nitrogens with zero attached hydrogens (tertiary/aromatic N) is 1. The lowest BCUT2D eigenvalue weighted by Gasteiger charge is -2.18. The van der Waals surface area contributed by atoms with Crippen molar-refractivity contribution in [3.8, 4) is 11.1 Å². The van der Waals surface area contributed by atoms with E-state index in [-0.39, 0.29) is 5.82 Å². The van der Waals surface area contributed by atoms with Crippen LogP contribution in [0.2, 0.25) is 0 Å². The molecule has 0 saturated heterocycles. The SMILES string of the molecule is C/C(=C\C=O)c1c(C2CC2)nc2ccccc2c1-c1ccc(F)cc1. The standard InChI is InChI=1S/C22H18FNO/c1-14(12-13-25)20-21(15-8-10-17(23)11-9-15)18-4-2-3-5-19(18)24-22(20)16-6-7-16/h2-5,8-13,16H,6-7H2,1H3/b14-12+. The molecule has 1 aliphatic carbocycles. The summed E-state index contributed by atoms with van der Waals surface area (Å²) in [7, 11) is 0. The molecule has 4 rings (SSSR count). The Morgan fingerprint density at radius 3 is 2.52 bits per heavy atom. The Morgan fingerprint density at radius 1 is 1.12 bits per heavy atom. The van der Waals surface area contributed by atoms with E-state index in [0.717, 1.165) is 58.0 Å². The largest absolute Gasteiger partial charge is 0.299 e. The molecule has 0 radical (unpaired) electrons. The van der Waals surface area contributed by atoms with E-state index < -0.39 is 0 Å². The number of hydrogen-bond acceptors (Lipinski definition) is 2. The van der Waals surface area contributed by atoms with Gasteiger partial charge in [-0.15, -0.1) is 0 Å². The van der Waals surface area contributed by atoms with E-state index in [9.17, 15) is 9.18 Å². The average Bonchev–Trinajstić information content (AvgIpc) is 3.46. The van der Waals surface area contributed by atoms with Crippen LogP contribution in [0.1, 0.15) is 36.9 Å². The lowest BCUT2D eigenvalue weighted by molar-refractivity contribution is -0.104. The van der Waals surface area contributed by atoms with Crippen LogP contribution in [0.15, 0.2) is 54.6 Å². The van der Waals surface area contributed by atoms with Gasteiger partial charge in [-0.25, -0.2) is 4.39 Å². The van der Waals surface area contributed by atoms with Crippen LogP contribution >= 0.6 is 0 Å². The molecule has 25 heavy (non-hydrogen) atoms. The lowest BCUT2D eigenvalue weighted by Crippen LogP contribution is -2.01. The highest BCUT2D eigenvalue weighted by molar-refractivity contribution is 6.02. The topological polar surface area (TPSA) is 30.0 Å². The number of para-hydroxylation sites is 1. The third kappa shape index (κ3) is 2.86. The Labute approximate surface area is 146 Å². The van der Waals surface area contributed by atoms with E-state index in [2.05, 4.69) is 0 Å². The van der Waals surface area contributed by atoms with Crippen molar-refractivity contribution in [3.63, 3.8) is 0 Å². The van der Waals surface area contributed by atoms with Crippen molar-refractivity contribution in [2.75, 3.05) is 0 Å². The summed E-state index contributed by atoms with van der Waals surface area (Å²) in [6.07, 6.45) is 4.64. The quantitative estimate of drug-likeness (QED) is 0.465. The summed E-state index contributed by atoms with van der Waals surface area (Å²) in [4.78, 5) is 16.0. The summed E-state index contributed by atoms with van der Waals surface area (Å²) in [6, 6.07) is 14.6. The van der Waals surface area contributed by atoms with Crippen molar-refractivity contribution in [2.24, 2.45) is 0 Å². The van der Waals surface area contributed by atoms with Gasteiger partial charge in [-0.05, 0) is 55.2 Å². The molecule has 0 amide bonds. The molecule has 2 aromatic carbocycles. The second-order valence-electron chi connectivity index (χ2n) is 6.53. The predicted octanol–water partition coefficient (Wildman–Crippen LogP) is 5.52. The minimum Gasteiger partial charge on any atom is -0.299 e. The van der Waals surface area contributed by atoms with Gasteiger partial charge in [0.1, 0.15) is 12.1 Å². The lowest BCUT2D eigenvalue weighted by atomic mass is 9.89. The Bertz CT molecular complexity index is 985. The Kier molecular flexibility index (Phi) is 3.92. The molecule has 0 aliphatic heterocycles. The first-order valence-electron chi connectivity index (χ1n) is 8.50. The van der Waals surface area contributed by atoms with Gasteiger partial charge < -0.3 is 0 Å². The van der Waals surface area contributed by atoms with Crippen molar-refractivity contribution in [1.82, 2.24) is 4.98 Å². The fourth-order valence-electron chi connectivity index (χ4n) is 3.38. The second-order valence-corrected chi connectivity index (χ2v) is 6.53. The van der Waals surface area contributed by atoms with Crippen LogP contribution in [-0.2, 0) is 4.79 Å². The summed E-state index contributed by atoms with van der Waals surface area (Å²) >= 11 is 0. The summed E-state index contributed by atoms with van der Waals surface area (Å²) in [5, 5.41) is 1.02. The summed E-state index contributed by atoms with van der Waals surface area (Å²) in [5.74, 6) is 0.181. The molecule has 0 atom stereocenters. The van der Waals surface area contributed by atoms with Gasteiger partial charge in [0.25, 0.3) is 0 Å². The van der Waals surface area contributed by atoms with Gasteiger partial charge in [-0.1, -0.05) is 30.3 Å². The van der Waals surface area contributed by atoms with E-state index in [1.807, 2.05) is 31.2 Å². The van der Waals surface area contributed by atoms with Crippen molar-refractivity contribution >= 4 is 22.8 Å². The highest BCUT2D eigenvalue weighted by atomic mass is 19.1. The third-order valence-electron chi connectivity index (χ3n) is 4.73. The number of pyridine rings is 1. The predicted molar refractivity (Wildman–Crippen MR) is 98.8 cm³/mol. The van der Waals surface area contributed by atoms with E-state index in [1.54, 1.807) is 18.2 Å². The van der Waals surface area contributed by atoms with E-state index in [1.165, 1.54) is 12.1 Å². The Balaban J connectivity index is 2.12. The minimum atomic E-state index is -0.258. The number of halogens is 1. The van der Waals surface area contributed by atoms with Gasteiger partial charge in [0.05, 0.1) is 11.2 Å². The van der Waals surface area contributed by atoms with Crippen molar-refractivity contribution in [2.45, 2.75) is 25.7 Å². The highest BCUT2D eigenvalue weighted by Gasteiger charge is 2.30. The van der Waals surface area contributed by atoms with Crippen molar-refractivity contribution in [3.05, 3.63) is 71.7 Å². The number of hydrogen-bond donors (Lipinski definition) is 0. The molecule has 1 heterocycles. The zero-order valence-corrected chi connectivity index (χ0v) is 14.0. The molecule has 0 unspecified atom stereocenters. The average molecular weight is 331 g/mol. The molecule has 1 fully saturated rings. The first-order chi connectivity index (χ1) is 12.2. The number of carbonyl (C=O) groups is 1. The molecule has 2 nitrogen and oxygen atoms in total. The number of benzene rings is 2. The number of carbonyl (C=O) groups excluding carboxylic acids is 1. The van der Waals surface area contributed by atoms with Crippen LogP contribution in [0.5, 0.6) is 0 Å². The molecule has 0 N–H and O–H groups in total. The molecule has 3 heteroatoms.